The lowest BCUT2D eigenvalue weighted by Crippen LogP contribution is -2.12. The van der Waals surface area contributed by atoms with Gasteiger partial charge in [0, 0.05) is 4.47 Å². The predicted octanol–water partition coefficient (Wildman–Crippen LogP) is 1.77. The minimum Gasteiger partial charge on any atom is -0.396 e. The van der Waals surface area contributed by atoms with Crippen LogP contribution in [0.15, 0.2) is 28.7 Å². The SMILES string of the molecule is O=C(CCO)Nc1ccccc1Br. The number of aliphatic hydroxyl groups excluding tert-OH is 1. The lowest BCUT2D eigenvalue weighted by molar-refractivity contribution is -0.116. The van der Waals surface area contributed by atoms with Crippen LogP contribution in [0, 0.1) is 0 Å². The Morgan fingerprint density at radius 1 is 1.46 bits per heavy atom. The zero-order valence-electron chi connectivity index (χ0n) is 6.96. The zero-order valence-corrected chi connectivity index (χ0v) is 8.54. The highest BCUT2D eigenvalue weighted by atomic mass is 79.9. The molecule has 1 aromatic rings. The van der Waals surface area contributed by atoms with Crippen molar-refractivity contribution in [1.29, 1.82) is 0 Å². The van der Waals surface area contributed by atoms with E-state index >= 15 is 0 Å². The van der Waals surface area contributed by atoms with E-state index in [0.717, 1.165) is 10.2 Å². The first kappa shape index (κ1) is 10.2. The van der Waals surface area contributed by atoms with E-state index in [1.54, 1.807) is 6.07 Å². The van der Waals surface area contributed by atoms with Crippen LogP contribution in [0.4, 0.5) is 5.69 Å². The van der Waals surface area contributed by atoms with Crippen LogP contribution in [0.3, 0.4) is 0 Å². The van der Waals surface area contributed by atoms with Gasteiger partial charge in [-0.3, -0.25) is 4.79 Å². The highest BCUT2D eigenvalue weighted by Gasteiger charge is 2.02. The molecule has 0 aliphatic rings. The maximum atomic E-state index is 11.1. The van der Waals surface area contributed by atoms with Gasteiger partial charge in [0.25, 0.3) is 0 Å². The van der Waals surface area contributed by atoms with E-state index in [2.05, 4.69) is 21.2 Å². The molecule has 13 heavy (non-hydrogen) atoms. The number of para-hydroxylation sites is 1. The minimum atomic E-state index is -0.186. The second-order valence-electron chi connectivity index (χ2n) is 2.50. The molecule has 0 saturated heterocycles. The van der Waals surface area contributed by atoms with Crippen molar-refractivity contribution in [2.45, 2.75) is 6.42 Å². The van der Waals surface area contributed by atoms with Crippen molar-refractivity contribution in [1.82, 2.24) is 0 Å². The van der Waals surface area contributed by atoms with E-state index in [1.165, 1.54) is 0 Å². The molecule has 1 rings (SSSR count). The van der Waals surface area contributed by atoms with Gasteiger partial charge in [-0.15, -0.1) is 0 Å². The highest BCUT2D eigenvalue weighted by Crippen LogP contribution is 2.20. The van der Waals surface area contributed by atoms with Gasteiger partial charge in [0.05, 0.1) is 18.7 Å². The molecule has 4 heteroatoms. The van der Waals surface area contributed by atoms with Gasteiger partial charge in [-0.2, -0.15) is 0 Å². The lowest BCUT2D eigenvalue weighted by atomic mass is 10.3. The molecule has 70 valence electrons. The molecule has 0 fully saturated rings. The number of amides is 1. The number of hydrogen-bond donors (Lipinski definition) is 2. The fourth-order valence-electron chi connectivity index (χ4n) is 0.877. The summed E-state index contributed by atoms with van der Waals surface area (Å²) in [7, 11) is 0. The summed E-state index contributed by atoms with van der Waals surface area (Å²) in [6.45, 7) is -0.129. The second-order valence-corrected chi connectivity index (χ2v) is 3.36. The number of aliphatic hydroxyl groups is 1. The maximum absolute atomic E-state index is 11.1. The van der Waals surface area contributed by atoms with Gasteiger partial charge >= 0.3 is 0 Å². The van der Waals surface area contributed by atoms with Crippen molar-refractivity contribution >= 4 is 27.5 Å². The molecule has 0 bridgehead atoms. The van der Waals surface area contributed by atoms with E-state index in [9.17, 15) is 4.79 Å². The van der Waals surface area contributed by atoms with E-state index in [4.69, 9.17) is 5.11 Å². The van der Waals surface area contributed by atoms with Crippen LogP contribution >= 0.6 is 15.9 Å². The summed E-state index contributed by atoms with van der Waals surface area (Å²) >= 11 is 3.30. The summed E-state index contributed by atoms with van der Waals surface area (Å²) in [5, 5.41) is 11.2. The van der Waals surface area contributed by atoms with Crippen LogP contribution in [-0.2, 0) is 4.79 Å². The van der Waals surface area contributed by atoms with Crippen molar-refractivity contribution < 1.29 is 9.90 Å². The maximum Gasteiger partial charge on any atom is 0.226 e. The molecule has 0 aliphatic heterocycles. The summed E-state index contributed by atoms with van der Waals surface area (Å²) in [4.78, 5) is 11.1. The van der Waals surface area contributed by atoms with Crippen molar-refractivity contribution in [3.8, 4) is 0 Å². The van der Waals surface area contributed by atoms with Crippen LogP contribution in [0.1, 0.15) is 6.42 Å². The predicted molar refractivity (Wildman–Crippen MR) is 54.5 cm³/mol. The zero-order chi connectivity index (χ0) is 9.68. The third-order valence-corrected chi connectivity index (χ3v) is 2.18. The van der Waals surface area contributed by atoms with Crippen LogP contribution in [0.25, 0.3) is 0 Å². The first-order chi connectivity index (χ1) is 6.24. The third-order valence-electron chi connectivity index (χ3n) is 1.49. The molecular weight excluding hydrogens is 234 g/mol. The van der Waals surface area contributed by atoms with E-state index in [1.807, 2.05) is 18.2 Å². The van der Waals surface area contributed by atoms with Crippen molar-refractivity contribution in [3.05, 3.63) is 28.7 Å². The average molecular weight is 244 g/mol. The number of carbonyl (C=O) groups is 1. The fraction of sp³-hybridized carbons (Fsp3) is 0.222. The Morgan fingerprint density at radius 3 is 2.77 bits per heavy atom. The summed E-state index contributed by atoms with van der Waals surface area (Å²) in [6.07, 6.45) is 0.126. The van der Waals surface area contributed by atoms with Crippen LogP contribution in [0.2, 0.25) is 0 Å². The van der Waals surface area contributed by atoms with Crippen LogP contribution in [-0.4, -0.2) is 17.6 Å². The molecule has 0 spiro atoms. The van der Waals surface area contributed by atoms with Gasteiger partial charge in [0.1, 0.15) is 0 Å². The molecule has 1 amide bonds. The van der Waals surface area contributed by atoms with E-state index in [-0.39, 0.29) is 18.9 Å². The van der Waals surface area contributed by atoms with Crippen LogP contribution in [0.5, 0.6) is 0 Å². The Bertz CT molecular complexity index is 301. The Hall–Kier alpha value is -0.870. The molecule has 0 aliphatic carbocycles. The number of nitrogens with one attached hydrogen (secondary N) is 1. The van der Waals surface area contributed by atoms with E-state index < -0.39 is 0 Å². The number of carbonyl (C=O) groups excluding carboxylic acids is 1. The Labute approximate surface area is 84.9 Å². The van der Waals surface area contributed by atoms with Gasteiger partial charge in [0.2, 0.25) is 5.91 Å². The van der Waals surface area contributed by atoms with Crippen molar-refractivity contribution in [3.63, 3.8) is 0 Å². The first-order valence-corrected chi connectivity index (χ1v) is 4.68. The molecule has 3 nitrogen and oxygen atoms in total. The van der Waals surface area contributed by atoms with Gasteiger partial charge < -0.3 is 10.4 Å². The molecule has 2 N–H and O–H groups in total. The highest BCUT2D eigenvalue weighted by molar-refractivity contribution is 9.10. The second kappa shape index (κ2) is 4.99. The topological polar surface area (TPSA) is 49.3 Å². The van der Waals surface area contributed by atoms with Crippen molar-refractivity contribution in [2.24, 2.45) is 0 Å². The molecular formula is C9H10BrNO2. The average Bonchev–Trinajstić information content (AvgIpc) is 2.09. The fourth-order valence-corrected chi connectivity index (χ4v) is 1.26. The summed E-state index contributed by atoms with van der Waals surface area (Å²) < 4.78 is 0.835. The largest absolute Gasteiger partial charge is 0.396 e. The van der Waals surface area contributed by atoms with Gasteiger partial charge in [-0.25, -0.2) is 0 Å². The normalized spacial score (nSPS) is 9.69. The van der Waals surface area contributed by atoms with Crippen molar-refractivity contribution in [2.75, 3.05) is 11.9 Å². The molecule has 0 aromatic heterocycles. The number of benzene rings is 1. The van der Waals surface area contributed by atoms with Crippen LogP contribution < -0.4 is 5.32 Å². The van der Waals surface area contributed by atoms with Gasteiger partial charge in [-0.05, 0) is 28.1 Å². The summed E-state index contributed by atoms with van der Waals surface area (Å²) in [5.74, 6) is -0.186. The number of hydrogen-bond acceptors (Lipinski definition) is 2. The lowest BCUT2D eigenvalue weighted by Gasteiger charge is -2.05. The molecule has 0 radical (unpaired) electrons. The van der Waals surface area contributed by atoms with Gasteiger partial charge in [-0.1, -0.05) is 12.1 Å². The molecule has 0 saturated carbocycles. The number of rotatable bonds is 3. The summed E-state index contributed by atoms with van der Waals surface area (Å²) in [6, 6.07) is 7.33. The molecule has 0 heterocycles. The number of anilines is 1. The molecule has 0 atom stereocenters. The first-order valence-electron chi connectivity index (χ1n) is 3.89. The number of halogens is 1. The minimum absolute atomic E-state index is 0.126. The van der Waals surface area contributed by atoms with E-state index in [0.29, 0.717) is 0 Å². The summed E-state index contributed by atoms with van der Waals surface area (Å²) in [5.41, 5.74) is 0.723. The molecule has 0 unspecified atom stereocenters. The standard InChI is InChI=1S/C9H10BrNO2/c10-7-3-1-2-4-8(7)11-9(13)5-6-12/h1-4,12H,5-6H2,(H,11,13). The Morgan fingerprint density at radius 2 is 2.15 bits per heavy atom. The quantitative estimate of drug-likeness (QED) is 0.851. The smallest absolute Gasteiger partial charge is 0.226 e. The Kier molecular flexibility index (Phi) is 3.92. The Balaban J connectivity index is 2.63. The monoisotopic (exact) mass is 243 g/mol. The molecule has 1 aromatic carbocycles. The van der Waals surface area contributed by atoms with Gasteiger partial charge in [0.15, 0.2) is 0 Å². The third kappa shape index (κ3) is 3.16.